The molecule has 1 N–H and O–H groups in total. The maximum Gasteiger partial charge on any atom is 0.255 e. The molecule has 26 heavy (non-hydrogen) atoms. The number of benzene rings is 2. The molecule has 1 amide bonds. The average molecular weight is 365 g/mol. The maximum absolute atomic E-state index is 12.6. The van der Waals surface area contributed by atoms with Crippen LogP contribution in [-0.2, 0) is 0 Å². The highest BCUT2D eigenvalue weighted by Crippen LogP contribution is 2.17. The van der Waals surface area contributed by atoms with E-state index in [1.165, 1.54) is 0 Å². The van der Waals surface area contributed by atoms with Crippen molar-refractivity contribution in [1.29, 1.82) is 0 Å². The number of halogens is 1. The quantitative estimate of drug-likeness (QED) is 0.704. The summed E-state index contributed by atoms with van der Waals surface area (Å²) in [6.07, 6.45) is 1.91. The number of carbonyl (C=O) groups is 1. The van der Waals surface area contributed by atoms with Gasteiger partial charge in [-0.2, -0.15) is 0 Å². The molecule has 0 saturated heterocycles. The molecule has 132 valence electrons. The number of nitrogens with zero attached hydrogens (tertiary/aromatic N) is 1. The van der Waals surface area contributed by atoms with E-state index < -0.39 is 0 Å². The van der Waals surface area contributed by atoms with Crippen LogP contribution in [0.3, 0.4) is 0 Å². The molecule has 0 aliphatic heterocycles. The molecular formula is C22H21ClN2O. The first-order valence-corrected chi connectivity index (χ1v) is 8.20. The molecule has 0 saturated carbocycles. The minimum atomic E-state index is -0.139. The Morgan fingerprint density at radius 3 is 2.04 bits per heavy atom. The van der Waals surface area contributed by atoms with E-state index in [9.17, 15) is 4.79 Å². The number of hydrogen-bond acceptors (Lipinski definition) is 2. The largest absolute Gasteiger partial charge is 0.321 e. The summed E-state index contributed by atoms with van der Waals surface area (Å²) in [4.78, 5) is 17.1. The number of amides is 1. The van der Waals surface area contributed by atoms with Crippen LogP contribution in [0, 0.1) is 13.8 Å². The predicted octanol–water partition coefficient (Wildman–Crippen LogP) is 5.05. The van der Waals surface area contributed by atoms with Crippen LogP contribution in [-0.4, -0.2) is 10.9 Å². The van der Waals surface area contributed by atoms with Crippen molar-refractivity contribution in [2.75, 3.05) is 0 Å². The number of aromatic nitrogens is 1. The first-order chi connectivity index (χ1) is 12.1. The Bertz CT molecular complexity index is 886. The summed E-state index contributed by atoms with van der Waals surface area (Å²) in [5.74, 6) is -0.139. The highest BCUT2D eigenvalue weighted by molar-refractivity contribution is 6.01. The molecular weight excluding hydrogens is 344 g/mol. The van der Waals surface area contributed by atoms with Gasteiger partial charge in [0, 0.05) is 11.3 Å². The zero-order valence-corrected chi connectivity index (χ0v) is 15.6. The molecule has 0 radical (unpaired) electrons. The second-order valence-corrected chi connectivity index (χ2v) is 5.95. The van der Waals surface area contributed by atoms with Crippen LogP contribution in [0.2, 0.25) is 0 Å². The Labute approximate surface area is 160 Å². The van der Waals surface area contributed by atoms with E-state index in [-0.39, 0.29) is 18.3 Å². The van der Waals surface area contributed by atoms with E-state index in [0.29, 0.717) is 5.56 Å². The third-order valence-electron chi connectivity index (χ3n) is 3.78. The second-order valence-electron chi connectivity index (χ2n) is 5.95. The molecule has 0 aliphatic rings. The SMILES string of the molecule is Cc1cc(C)nc(C=C(NC(=O)c2ccccc2)c2ccccc2)c1.Cl. The van der Waals surface area contributed by atoms with Crippen molar-refractivity contribution in [1.82, 2.24) is 10.3 Å². The number of hydrogen-bond donors (Lipinski definition) is 1. The number of rotatable bonds is 4. The van der Waals surface area contributed by atoms with Crippen molar-refractivity contribution in [2.24, 2.45) is 0 Å². The van der Waals surface area contributed by atoms with Crippen LogP contribution in [0.15, 0.2) is 72.8 Å². The monoisotopic (exact) mass is 364 g/mol. The predicted molar refractivity (Wildman–Crippen MR) is 109 cm³/mol. The van der Waals surface area contributed by atoms with Gasteiger partial charge in [0.25, 0.3) is 5.91 Å². The van der Waals surface area contributed by atoms with Gasteiger partial charge in [0.15, 0.2) is 0 Å². The van der Waals surface area contributed by atoms with Gasteiger partial charge in [-0.05, 0) is 55.3 Å². The summed E-state index contributed by atoms with van der Waals surface area (Å²) in [6.45, 7) is 4.01. The van der Waals surface area contributed by atoms with Crippen LogP contribution in [0.4, 0.5) is 0 Å². The molecule has 0 fully saturated rings. The Kier molecular flexibility index (Phi) is 6.70. The normalized spacial score (nSPS) is 10.8. The molecule has 0 atom stereocenters. The number of aryl methyl sites for hydroxylation is 2. The average Bonchev–Trinajstić information content (AvgIpc) is 2.62. The minimum Gasteiger partial charge on any atom is -0.321 e. The van der Waals surface area contributed by atoms with Gasteiger partial charge in [0.05, 0.1) is 11.4 Å². The van der Waals surface area contributed by atoms with E-state index in [1.807, 2.05) is 80.6 Å². The molecule has 1 heterocycles. The number of carbonyl (C=O) groups excluding carboxylic acids is 1. The molecule has 0 unspecified atom stereocenters. The van der Waals surface area contributed by atoms with Gasteiger partial charge in [0.2, 0.25) is 0 Å². The minimum absolute atomic E-state index is 0. The summed E-state index contributed by atoms with van der Waals surface area (Å²) in [6, 6.07) is 23.0. The molecule has 3 aromatic rings. The summed E-state index contributed by atoms with van der Waals surface area (Å²) in [7, 11) is 0. The molecule has 2 aromatic carbocycles. The van der Waals surface area contributed by atoms with Crippen molar-refractivity contribution in [3.63, 3.8) is 0 Å². The van der Waals surface area contributed by atoms with E-state index in [1.54, 1.807) is 12.1 Å². The van der Waals surface area contributed by atoms with E-state index in [0.717, 1.165) is 28.2 Å². The van der Waals surface area contributed by atoms with E-state index in [2.05, 4.69) is 10.3 Å². The van der Waals surface area contributed by atoms with Crippen molar-refractivity contribution in [3.8, 4) is 0 Å². The Morgan fingerprint density at radius 1 is 0.885 bits per heavy atom. The first-order valence-electron chi connectivity index (χ1n) is 8.20. The van der Waals surface area contributed by atoms with E-state index in [4.69, 9.17) is 0 Å². The molecule has 0 spiro atoms. The third kappa shape index (κ3) is 5.04. The van der Waals surface area contributed by atoms with Gasteiger partial charge in [-0.1, -0.05) is 48.5 Å². The lowest BCUT2D eigenvalue weighted by Crippen LogP contribution is -2.21. The molecule has 1 aromatic heterocycles. The van der Waals surface area contributed by atoms with Crippen molar-refractivity contribution in [3.05, 3.63) is 101 Å². The van der Waals surface area contributed by atoms with Gasteiger partial charge in [0.1, 0.15) is 0 Å². The summed E-state index contributed by atoms with van der Waals surface area (Å²) >= 11 is 0. The fourth-order valence-electron chi connectivity index (χ4n) is 2.69. The van der Waals surface area contributed by atoms with Crippen LogP contribution in [0.1, 0.15) is 32.9 Å². The summed E-state index contributed by atoms with van der Waals surface area (Å²) in [5.41, 5.74) is 5.20. The van der Waals surface area contributed by atoms with Gasteiger partial charge < -0.3 is 5.32 Å². The molecule has 0 aliphatic carbocycles. The van der Waals surface area contributed by atoms with Gasteiger partial charge in [-0.25, -0.2) is 0 Å². The maximum atomic E-state index is 12.6. The van der Waals surface area contributed by atoms with Crippen LogP contribution < -0.4 is 5.32 Å². The smallest absolute Gasteiger partial charge is 0.255 e. The number of pyridine rings is 1. The first kappa shape index (κ1) is 19.4. The number of nitrogens with one attached hydrogen (secondary N) is 1. The summed E-state index contributed by atoms with van der Waals surface area (Å²) < 4.78 is 0. The topological polar surface area (TPSA) is 42.0 Å². The van der Waals surface area contributed by atoms with Crippen molar-refractivity contribution in [2.45, 2.75) is 13.8 Å². The lowest BCUT2D eigenvalue weighted by molar-refractivity contribution is 0.0974. The molecule has 3 nitrogen and oxygen atoms in total. The fraction of sp³-hybridized carbons (Fsp3) is 0.0909. The van der Waals surface area contributed by atoms with E-state index >= 15 is 0 Å². The fourth-order valence-corrected chi connectivity index (χ4v) is 2.69. The highest BCUT2D eigenvalue weighted by Gasteiger charge is 2.09. The lowest BCUT2D eigenvalue weighted by atomic mass is 10.1. The standard InChI is InChI=1S/C22H20N2O.ClH/c1-16-13-17(2)23-20(14-16)15-21(18-9-5-3-6-10-18)24-22(25)19-11-7-4-8-12-19;/h3-15H,1-2H3,(H,24,25);1H. The van der Waals surface area contributed by atoms with Crippen LogP contribution >= 0.6 is 12.4 Å². The molecule has 4 heteroatoms. The second kappa shape index (κ2) is 8.97. The zero-order chi connectivity index (χ0) is 17.6. The van der Waals surface area contributed by atoms with Crippen molar-refractivity contribution >= 4 is 30.1 Å². The van der Waals surface area contributed by atoms with Gasteiger partial charge in [-0.15, -0.1) is 12.4 Å². The Balaban J connectivity index is 0.00000243. The summed E-state index contributed by atoms with van der Waals surface area (Å²) in [5, 5.41) is 3.02. The highest BCUT2D eigenvalue weighted by atomic mass is 35.5. The Hall–Kier alpha value is -2.91. The van der Waals surface area contributed by atoms with Crippen molar-refractivity contribution < 1.29 is 4.79 Å². The lowest BCUT2D eigenvalue weighted by Gasteiger charge is -2.11. The molecule has 0 bridgehead atoms. The van der Waals surface area contributed by atoms with Gasteiger partial charge in [-0.3, -0.25) is 9.78 Å². The van der Waals surface area contributed by atoms with Crippen LogP contribution in [0.5, 0.6) is 0 Å². The van der Waals surface area contributed by atoms with Gasteiger partial charge >= 0.3 is 0 Å². The Morgan fingerprint density at radius 2 is 1.46 bits per heavy atom. The molecule has 3 rings (SSSR count). The zero-order valence-electron chi connectivity index (χ0n) is 14.8. The third-order valence-corrected chi connectivity index (χ3v) is 3.78. The van der Waals surface area contributed by atoms with Crippen LogP contribution in [0.25, 0.3) is 11.8 Å².